The van der Waals surface area contributed by atoms with Gasteiger partial charge in [0, 0.05) is 16.1 Å². The number of carbonyl (C=O) groups excluding carboxylic acids is 1. The molecule has 0 aliphatic rings. The van der Waals surface area contributed by atoms with E-state index in [0.717, 1.165) is 27.5 Å². The van der Waals surface area contributed by atoms with Gasteiger partial charge in [0.25, 0.3) is 0 Å². The van der Waals surface area contributed by atoms with E-state index in [4.69, 9.17) is 4.74 Å². The molecule has 1 amide bonds. The van der Waals surface area contributed by atoms with Gasteiger partial charge < -0.3 is 10.1 Å². The molecule has 3 rings (SSSR count). The van der Waals surface area contributed by atoms with E-state index in [-0.39, 0.29) is 5.91 Å². The molecule has 4 heteroatoms. The number of para-hydroxylation sites is 1. The standard InChI is InChI=1S/C21H19NO2S/c1-24-17-11-13-18(14-12-17)25-15-21(23)22-20-10-6-5-9-19(20)16-7-3-2-4-8-16/h2-14H,15H2,1H3,(H,22,23). The Bertz CT molecular complexity index is 832. The molecule has 0 fully saturated rings. The number of rotatable bonds is 6. The van der Waals surface area contributed by atoms with E-state index >= 15 is 0 Å². The Labute approximate surface area is 152 Å². The Morgan fingerprint density at radius 2 is 1.60 bits per heavy atom. The summed E-state index contributed by atoms with van der Waals surface area (Å²) in [7, 11) is 1.64. The summed E-state index contributed by atoms with van der Waals surface area (Å²) >= 11 is 1.50. The van der Waals surface area contributed by atoms with Crippen molar-refractivity contribution in [3.63, 3.8) is 0 Å². The highest BCUT2D eigenvalue weighted by Gasteiger charge is 2.08. The van der Waals surface area contributed by atoms with Crippen molar-refractivity contribution in [1.29, 1.82) is 0 Å². The van der Waals surface area contributed by atoms with E-state index in [1.165, 1.54) is 11.8 Å². The van der Waals surface area contributed by atoms with Crippen molar-refractivity contribution in [3.8, 4) is 16.9 Å². The minimum Gasteiger partial charge on any atom is -0.497 e. The molecule has 0 unspecified atom stereocenters. The second-order valence-corrected chi connectivity index (χ2v) is 6.47. The zero-order valence-corrected chi connectivity index (χ0v) is 14.8. The number of amides is 1. The molecule has 0 aliphatic heterocycles. The first kappa shape index (κ1) is 17.1. The molecular weight excluding hydrogens is 330 g/mol. The molecule has 0 aromatic heterocycles. The van der Waals surface area contributed by atoms with Gasteiger partial charge >= 0.3 is 0 Å². The van der Waals surface area contributed by atoms with Crippen LogP contribution in [-0.2, 0) is 4.79 Å². The first-order chi connectivity index (χ1) is 12.3. The van der Waals surface area contributed by atoms with E-state index in [1.54, 1.807) is 7.11 Å². The third kappa shape index (κ3) is 4.64. The summed E-state index contributed by atoms with van der Waals surface area (Å²) < 4.78 is 5.14. The largest absolute Gasteiger partial charge is 0.497 e. The molecule has 0 saturated heterocycles. The summed E-state index contributed by atoms with van der Waals surface area (Å²) in [5.74, 6) is 1.14. The van der Waals surface area contributed by atoms with Gasteiger partial charge in [-0.05, 0) is 35.9 Å². The minimum atomic E-state index is -0.0239. The predicted octanol–water partition coefficient (Wildman–Crippen LogP) is 5.09. The van der Waals surface area contributed by atoms with E-state index in [1.807, 2.05) is 78.9 Å². The van der Waals surface area contributed by atoms with E-state index < -0.39 is 0 Å². The van der Waals surface area contributed by atoms with Crippen LogP contribution in [0, 0.1) is 0 Å². The summed E-state index contributed by atoms with van der Waals surface area (Å²) in [6.07, 6.45) is 0. The smallest absolute Gasteiger partial charge is 0.234 e. The number of hydrogen-bond donors (Lipinski definition) is 1. The van der Waals surface area contributed by atoms with Crippen molar-refractivity contribution in [2.45, 2.75) is 4.90 Å². The van der Waals surface area contributed by atoms with Crippen molar-refractivity contribution >= 4 is 23.4 Å². The molecule has 3 aromatic carbocycles. The lowest BCUT2D eigenvalue weighted by Gasteiger charge is -2.11. The second kappa shape index (κ2) is 8.40. The highest BCUT2D eigenvalue weighted by Crippen LogP contribution is 2.28. The van der Waals surface area contributed by atoms with Crippen molar-refractivity contribution in [2.75, 3.05) is 18.2 Å². The van der Waals surface area contributed by atoms with E-state index in [0.29, 0.717) is 5.75 Å². The lowest BCUT2D eigenvalue weighted by molar-refractivity contribution is -0.113. The molecule has 3 nitrogen and oxygen atoms in total. The molecule has 3 aromatic rings. The molecule has 1 N–H and O–H groups in total. The molecule has 0 heterocycles. The number of nitrogens with one attached hydrogen (secondary N) is 1. The van der Waals surface area contributed by atoms with Gasteiger partial charge in [-0.1, -0.05) is 48.5 Å². The Balaban J connectivity index is 1.65. The Kier molecular flexibility index (Phi) is 5.75. The van der Waals surface area contributed by atoms with Crippen molar-refractivity contribution < 1.29 is 9.53 Å². The zero-order valence-electron chi connectivity index (χ0n) is 13.9. The summed E-state index contributed by atoms with van der Waals surface area (Å²) in [5.41, 5.74) is 2.93. The molecule has 0 spiro atoms. The molecular formula is C21H19NO2S. The van der Waals surface area contributed by atoms with Crippen LogP contribution < -0.4 is 10.1 Å². The van der Waals surface area contributed by atoms with Gasteiger partial charge in [-0.2, -0.15) is 0 Å². The van der Waals surface area contributed by atoms with Crippen LogP contribution in [0.4, 0.5) is 5.69 Å². The summed E-state index contributed by atoms with van der Waals surface area (Å²) in [6.45, 7) is 0. The monoisotopic (exact) mass is 349 g/mol. The van der Waals surface area contributed by atoms with Crippen LogP contribution in [0.1, 0.15) is 0 Å². The third-order valence-corrected chi connectivity index (χ3v) is 4.73. The topological polar surface area (TPSA) is 38.3 Å². The quantitative estimate of drug-likeness (QED) is 0.630. The maximum atomic E-state index is 12.3. The van der Waals surface area contributed by atoms with Crippen LogP contribution in [0.25, 0.3) is 11.1 Å². The Morgan fingerprint density at radius 3 is 2.32 bits per heavy atom. The zero-order chi connectivity index (χ0) is 17.5. The third-order valence-electron chi connectivity index (χ3n) is 3.72. The van der Waals surface area contributed by atoms with Gasteiger partial charge in [-0.25, -0.2) is 0 Å². The Hall–Kier alpha value is -2.72. The van der Waals surface area contributed by atoms with Gasteiger partial charge in [0.15, 0.2) is 0 Å². The first-order valence-electron chi connectivity index (χ1n) is 7.97. The molecule has 126 valence electrons. The molecule has 0 radical (unpaired) electrons. The van der Waals surface area contributed by atoms with Crippen LogP contribution in [0.3, 0.4) is 0 Å². The number of hydrogen-bond acceptors (Lipinski definition) is 3. The van der Waals surface area contributed by atoms with E-state index in [9.17, 15) is 4.79 Å². The summed E-state index contributed by atoms with van der Waals surface area (Å²) in [4.78, 5) is 13.4. The van der Waals surface area contributed by atoms with Crippen LogP contribution in [-0.4, -0.2) is 18.8 Å². The van der Waals surface area contributed by atoms with Gasteiger partial charge in [0.05, 0.1) is 12.9 Å². The average Bonchev–Trinajstić information content (AvgIpc) is 2.68. The van der Waals surface area contributed by atoms with Crippen LogP contribution in [0.5, 0.6) is 5.75 Å². The van der Waals surface area contributed by atoms with Gasteiger partial charge in [0.1, 0.15) is 5.75 Å². The van der Waals surface area contributed by atoms with Crippen LogP contribution >= 0.6 is 11.8 Å². The molecule has 0 saturated carbocycles. The molecule has 0 bridgehead atoms. The fourth-order valence-corrected chi connectivity index (χ4v) is 3.17. The maximum absolute atomic E-state index is 12.3. The first-order valence-corrected chi connectivity index (χ1v) is 8.96. The minimum absolute atomic E-state index is 0.0239. The van der Waals surface area contributed by atoms with Crippen LogP contribution in [0.15, 0.2) is 83.8 Å². The number of methoxy groups -OCH3 is 1. The highest BCUT2D eigenvalue weighted by molar-refractivity contribution is 8.00. The summed E-state index contributed by atoms with van der Waals surface area (Å²) in [6, 6.07) is 25.6. The van der Waals surface area contributed by atoms with Crippen molar-refractivity contribution in [2.24, 2.45) is 0 Å². The molecule has 0 aliphatic carbocycles. The number of carbonyl (C=O) groups is 1. The molecule has 25 heavy (non-hydrogen) atoms. The normalized spacial score (nSPS) is 10.3. The van der Waals surface area contributed by atoms with E-state index in [2.05, 4.69) is 5.32 Å². The second-order valence-electron chi connectivity index (χ2n) is 5.42. The predicted molar refractivity (Wildman–Crippen MR) is 104 cm³/mol. The number of anilines is 1. The van der Waals surface area contributed by atoms with Gasteiger partial charge in [0.2, 0.25) is 5.91 Å². The number of benzene rings is 3. The van der Waals surface area contributed by atoms with Crippen molar-refractivity contribution in [1.82, 2.24) is 0 Å². The summed E-state index contributed by atoms with van der Waals surface area (Å²) in [5, 5.41) is 3.02. The average molecular weight is 349 g/mol. The van der Waals surface area contributed by atoms with Gasteiger partial charge in [-0.15, -0.1) is 11.8 Å². The molecule has 0 atom stereocenters. The highest BCUT2D eigenvalue weighted by atomic mass is 32.2. The van der Waals surface area contributed by atoms with Crippen LogP contribution in [0.2, 0.25) is 0 Å². The fraction of sp³-hybridized carbons (Fsp3) is 0.0952. The lowest BCUT2D eigenvalue weighted by Crippen LogP contribution is -2.14. The van der Waals surface area contributed by atoms with Gasteiger partial charge in [-0.3, -0.25) is 4.79 Å². The number of ether oxygens (including phenoxy) is 1. The fourth-order valence-electron chi connectivity index (χ4n) is 2.47. The lowest BCUT2D eigenvalue weighted by atomic mass is 10.0. The van der Waals surface area contributed by atoms with Crippen molar-refractivity contribution in [3.05, 3.63) is 78.9 Å². The Morgan fingerprint density at radius 1 is 0.920 bits per heavy atom. The number of thioether (sulfide) groups is 1. The maximum Gasteiger partial charge on any atom is 0.234 e. The SMILES string of the molecule is COc1ccc(SCC(=O)Nc2ccccc2-c2ccccc2)cc1.